The second-order valence-electron chi connectivity index (χ2n) is 29.2. The van der Waals surface area contributed by atoms with E-state index >= 15 is 0 Å². The van der Waals surface area contributed by atoms with Gasteiger partial charge in [-0.25, -0.2) is 9.97 Å². The maximum Gasteiger partial charge on any atom is 0.160 e. The molecule has 0 radical (unpaired) electrons. The summed E-state index contributed by atoms with van der Waals surface area (Å²) in [5.41, 5.74) is 27.9. The highest BCUT2D eigenvalue weighted by Crippen LogP contribution is 2.45. The van der Waals surface area contributed by atoms with Crippen molar-refractivity contribution in [2.75, 3.05) is 0 Å². The molecule has 510 valence electrons. The summed E-state index contributed by atoms with van der Waals surface area (Å²) in [5.74, 6) is 0.634. The zero-order valence-corrected chi connectivity index (χ0v) is 59.0. The van der Waals surface area contributed by atoms with Gasteiger partial charge in [-0.3, -0.25) is 0 Å². The normalized spacial score (nSPS) is 12.2. The third-order valence-electron chi connectivity index (χ3n) is 23.0. The molecule has 8 nitrogen and oxygen atoms in total. The van der Waals surface area contributed by atoms with E-state index in [1.807, 2.05) is 36.4 Å². The summed E-state index contributed by atoms with van der Waals surface area (Å²) in [6, 6.07) is 129. The van der Waals surface area contributed by atoms with Gasteiger partial charge in [0.05, 0.1) is 44.3 Å². The molecular formula is C102H59N5O3. The van der Waals surface area contributed by atoms with E-state index in [0.29, 0.717) is 5.82 Å². The van der Waals surface area contributed by atoms with Gasteiger partial charge in [-0.1, -0.05) is 194 Å². The molecule has 0 spiro atoms. The Morgan fingerprint density at radius 1 is 0.182 bits per heavy atom. The first kappa shape index (κ1) is 60.4. The third kappa shape index (κ3) is 9.27. The van der Waals surface area contributed by atoms with E-state index in [1.54, 1.807) is 0 Å². The van der Waals surface area contributed by atoms with Crippen molar-refractivity contribution in [1.29, 1.82) is 0 Å². The second-order valence-corrected chi connectivity index (χ2v) is 29.2. The number of benzene rings is 17. The zero-order chi connectivity index (χ0) is 71.8. The number of para-hydroxylation sites is 6. The van der Waals surface area contributed by atoms with Crippen LogP contribution in [0.2, 0.25) is 0 Å². The Balaban J connectivity index is 0.627. The Labute approximate surface area is 628 Å². The van der Waals surface area contributed by atoms with E-state index in [9.17, 15) is 0 Å². The minimum Gasteiger partial charge on any atom is -0.456 e. The summed E-state index contributed by atoms with van der Waals surface area (Å²) in [7, 11) is 0. The molecule has 7 aromatic heterocycles. The Morgan fingerprint density at radius 2 is 0.509 bits per heavy atom. The summed E-state index contributed by atoms with van der Waals surface area (Å²) in [5, 5.41) is 17.1. The van der Waals surface area contributed by atoms with Crippen molar-refractivity contribution in [3.8, 4) is 84.2 Å². The monoisotopic (exact) mass is 1400 g/mol. The van der Waals surface area contributed by atoms with E-state index in [0.717, 1.165) is 199 Å². The molecule has 0 saturated heterocycles. The van der Waals surface area contributed by atoms with Crippen molar-refractivity contribution >= 4 is 153 Å². The summed E-state index contributed by atoms with van der Waals surface area (Å²) >= 11 is 0. The molecule has 0 unspecified atom stereocenters. The zero-order valence-electron chi connectivity index (χ0n) is 59.0. The van der Waals surface area contributed by atoms with Crippen molar-refractivity contribution in [2.45, 2.75) is 0 Å². The van der Waals surface area contributed by atoms with Crippen LogP contribution in [-0.4, -0.2) is 23.7 Å². The third-order valence-corrected chi connectivity index (χ3v) is 23.0. The number of nitrogens with zero attached hydrogens (tertiary/aromatic N) is 5. The molecular weight excluding hydrogens is 1340 g/mol. The van der Waals surface area contributed by atoms with Crippen LogP contribution in [0.5, 0.6) is 0 Å². The number of rotatable bonds is 9. The Bertz CT molecular complexity index is 8070. The average Bonchev–Trinajstić information content (AvgIpc) is 1.59. The maximum absolute atomic E-state index is 6.27. The van der Waals surface area contributed by atoms with Gasteiger partial charge in [0, 0.05) is 98.2 Å². The lowest BCUT2D eigenvalue weighted by Crippen LogP contribution is -1.99. The summed E-state index contributed by atoms with van der Waals surface area (Å²) < 4.78 is 25.9. The first-order valence-electron chi connectivity index (χ1n) is 37.4. The molecule has 7 heterocycles. The van der Waals surface area contributed by atoms with Gasteiger partial charge in [-0.2, -0.15) is 0 Å². The number of hydrogen-bond donors (Lipinski definition) is 0. The van der Waals surface area contributed by atoms with Gasteiger partial charge in [0.15, 0.2) is 5.82 Å². The van der Waals surface area contributed by atoms with Crippen LogP contribution >= 0.6 is 0 Å². The summed E-state index contributed by atoms with van der Waals surface area (Å²) in [6.07, 6.45) is 0. The molecule has 0 fully saturated rings. The number of hydrogen-bond acceptors (Lipinski definition) is 5. The lowest BCUT2D eigenvalue weighted by molar-refractivity contribution is 0.668. The van der Waals surface area contributed by atoms with Crippen molar-refractivity contribution < 1.29 is 13.3 Å². The molecule has 24 rings (SSSR count). The van der Waals surface area contributed by atoms with Gasteiger partial charge in [-0.05, 0) is 219 Å². The van der Waals surface area contributed by atoms with Crippen molar-refractivity contribution in [2.24, 2.45) is 0 Å². The molecule has 0 bridgehead atoms. The van der Waals surface area contributed by atoms with Crippen LogP contribution < -0.4 is 0 Å². The molecule has 0 atom stereocenters. The number of furan rings is 3. The lowest BCUT2D eigenvalue weighted by Gasteiger charge is -2.15. The fourth-order valence-corrected chi connectivity index (χ4v) is 17.8. The highest BCUT2D eigenvalue weighted by molar-refractivity contribution is 6.16. The van der Waals surface area contributed by atoms with Crippen molar-refractivity contribution in [1.82, 2.24) is 23.7 Å². The minimum absolute atomic E-state index is 0.634. The first-order valence-corrected chi connectivity index (χ1v) is 37.4. The summed E-state index contributed by atoms with van der Waals surface area (Å²) in [6.45, 7) is 0. The van der Waals surface area contributed by atoms with E-state index < -0.39 is 0 Å². The van der Waals surface area contributed by atoms with Crippen molar-refractivity contribution in [3.05, 3.63) is 358 Å². The van der Waals surface area contributed by atoms with E-state index in [4.69, 9.17) is 23.2 Å². The molecule has 0 aliphatic rings. The molecule has 110 heavy (non-hydrogen) atoms. The second kappa shape index (κ2) is 23.3. The highest BCUT2D eigenvalue weighted by Gasteiger charge is 2.23. The van der Waals surface area contributed by atoms with Gasteiger partial charge in [-0.15, -0.1) is 0 Å². The topological polar surface area (TPSA) is 80.0 Å². The van der Waals surface area contributed by atoms with E-state index in [1.165, 1.54) is 32.3 Å². The van der Waals surface area contributed by atoms with Gasteiger partial charge < -0.3 is 27.0 Å². The standard InChI is InChI=1S/C102H59N5O3/c1-7-25-89-75(19-1)81-53-64(67-38-46-98-84(56-67)78-22-4-10-28-95(78)108-98)35-43-92(81)105(89)72-17-13-15-70(51-72)101-87-59-63(60-31-32-62-50-74(41-33-61(62)49-60)107-91-27-9-3-21-77(91)83-55-66(37-45-94(83)107)69-40-48-100-86(58-69)80-24-6-12-30-97(80)110-100)34-42-88(87)103-102(104-101)71-16-14-18-73(52-71)106-90-26-8-2-20-76(90)82-54-65(36-44-93(82)106)68-39-47-99-85(57-68)79-23-5-11-29-96(79)109-99/h1-59H. The fraction of sp³-hybridized carbons (Fsp3) is 0. The van der Waals surface area contributed by atoms with Crippen LogP contribution in [0.1, 0.15) is 0 Å². The molecule has 0 aliphatic carbocycles. The predicted octanol–water partition coefficient (Wildman–Crippen LogP) is 27.8. The van der Waals surface area contributed by atoms with Gasteiger partial charge in [0.1, 0.15) is 33.5 Å². The van der Waals surface area contributed by atoms with E-state index in [2.05, 4.69) is 335 Å². The molecule has 0 N–H and O–H groups in total. The largest absolute Gasteiger partial charge is 0.456 e. The molecule has 8 heteroatoms. The molecule has 0 aliphatic heterocycles. The summed E-state index contributed by atoms with van der Waals surface area (Å²) in [4.78, 5) is 11.3. The SMILES string of the molecule is c1cc(-c2nc(-c3cccc(-n4c5ccccc5c5cc(-c6ccc7oc8ccccc8c7c6)ccc54)c3)c3cc(-c4ccc5cc(-n6c7ccccc7c7cc(-c8ccc9oc%10ccccc%10c9c8)ccc76)ccc5c4)ccc3n2)cc(-n2c3ccccc3c3cc(-c4ccc5oc6ccccc6c5c4)ccc32)c1. The minimum atomic E-state index is 0.634. The quantitative estimate of drug-likeness (QED) is 0.144. The smallest absolute Gasteiger partial charge is 0.160 e. The van der Waals surface area contributed by atoms with Crippen LogP contribution in [0, 0.1) is 0 Å². The predicted molar refractivity (Wildman–Crippen MR) is 455 cm³/mol. The molecule has 0 amide bonds. The fourth-order valence-electron chi connectivity index (χ4n) is 17.8. The Kier molecular flexibility index (Phi) is 12.8. The molecule has 24 aromatic rings. The van der Waals surface area contributed by atoms with Crippen molar-refractivity contribution in [3.63, 3.8) is 0 Å². The van der Waals surface area contributed by atoms with Crippen LogP contribution in [0.25, 0.3) is 237 Å². The lowest BCUT2D eigenvalue weighted by atomic mass is 9.97. The van der Waals surface area contributed by atoms with Crippen LogP contribution in [0.4, 0.5) is 0 Å². The van der Waals surface area contributed by atoms with E-state index in [-0.39, 0.29) is 0 Å². The molecule has 0 saturated carbocycles. The van der Waals surface area contributed by atoms with Gasteiger partial charge in [0.2, 0.25) is 0 Å². The highest BCUT2D eigenvalue weighted by atomic mass is 16.3. The van der Waals surface area contributed by atoms with Crippen LogP contribution in [-0.2, 0) is 0 Å². The number of fused-ring (bicyclic) bond motifs is 20. The Hall–Kier alpha value is -14.9. The van der Waals surface area contributed by atoms with Gasteiger partial charge in [0.25, 0.3) is 0 Å². The maximum atomic E-state index is 6.27. The average molecular weight is 1400 g/mol. The van der Waals surface area contributed by atoms with Crippen LogP contribution in [0.15, 0.2) is 371 Å². The van der Waals surface area contributed by atoms with Crippen LogP contribution in [0.3, 0.4) is 0 Å². The molecule has 17 aromatic carbocycles. The number of aromatic nitrogens is 5. The van der Waals surface area contributed by atoms with Gasteiger partial charge >= 0.3 is 0 Å². The Morgan fingerprint density at radius 3 is 0.982 bits per heavy atom. The first-order chi connectivity index (χ1) is 54.4.